The first-order valence-electron chi connectivity index (χ1n) is 24.8. The Morgan fingerprint density at radius 2 is 1.00 bits per heavy atom. The number of hydrogen-bond donors (Lipinski definition) is 0. The number of pyridine rings is 1. The minimum Gasteiger partial charge on any atom is -0.310 e. The molecule has 4 heteroatoms. The summed E-state index contributed by atoms with van der Waals surface area (Å²) in [6, 6.07) is 89.3. The molecule has 1 aliphatic carbocycles. The van der Waals surface area contributed by atoms with E-state index in [1.165, 1.54) is 65.6 Å². The second-order valence-electron chi connectivity index (χ2n) is 19.7. The van der Waals surface area contributed by atoms with Crippen LogP contribution in [0.2, 0.25) is 0 Å². The van der Waals surface area contributed by atoms with E-state index in [4.69, 9.17) is 0 Å². The number of anilines is 6. The van der Waals surface area contributed by atoms with Gasteiger partial charge in [0, 0.05) is 79.2 Å². The van der Waals surface area contributed by atoms with Crippen LogP contribution in [0.1, 0.15) is 25.0 Å². The normalized spacial score (nSPS) is 12.7. The Bertz CT molecular complexity index is 4250. The Labute approximate surface area is 418 Å². The molecule has 4 nitrogen and oxygen atoms in total. The molecule has 72 heavy (non-hydrogen) atoms. The lowest BCUT2D eigenvalue weighted by atomic mass is 9.82. The molecule has 340 valence electrons. The molecule has 1 aliphatic rings. The van der Waals surface area contributed by atoms with Crippen LogP contribution in [-0.4, -0.2) is 9.55 Å². The van der Waals surface area contributed by atoms with E-state index in [0.717, 1.165) is 61.7 Å². The number of aromatic nitrogens is 2. The van der Waals surface area contributed by atoms with E-state index >= 15 is 0 Å². The molecule has 0 N–H and O–H groups in total. The molecule has 0 saturated heterocycles. The molecule has 2 aromatic heterocycles. The third-order valence-electron chi connectivity index (χ3n) is 15.1. The lowest BCUT2D eigenvalue weighted by Gasteiger charge is -2.31. The average molecular weight is 921 g/mol. The van der Waals surface area contributed by atoms with Crippen molar-refractivity contribution in [1.82, 2.24) is 9.55 Å². The zero-order chi connectivity index (χ0) is 47.9. The van der Waals surface area contributed by atoms with Crippen LogP contribution in [0.3, 0.4) is 0 Å². The molecular weight excluding hydrogens is 873 g/mol. The third-order valence-corrected chi connectivity index (χ3v) is 15.1. The van der Waals surface area contributed by atoms with Crippen molar-refractivity contribution >= 4 is 88.2 Å². The molecule has 14 rings (SSSR count). The maximum absolute atomic E-state index is 4.53. The van der Waals surface area contributed by atoms with Crippen LogP contribution < -0.4 is 9.80 Å². The van der Waals surface area contributed by atoms with Gasteiger partial charge in [-0.05, 0) is 158 Å². The number of nitrogens with zero attached hydrogens (tertiary/aromatic N) is 4. The fourth-order valence-corrected chi connectivity index (χ4v) is 11.7. The number of hydrogen-bond acceptors (Lipinski definition) is 3. The summed E-state index contributed by atoms with van der Waals surface area (Å²) in [4.78, 5) is 9.35. The summed E-state index contributed by atoms with van der Waals surface area (Å²) in [7, 11) is 0. The van der Waals surface area contributed by atoms with E-state index in [1.54, 1.807) is 0 Å². The second-order valence-corrected chi connectivity index (χ2v) is 19.7. The summed E-state index contributed by atoms with van der Waals surface area (Å²) in [5.74, 6) is 0. The molecule has 0 fully saturated rings. The Kier molecular flexibility index (Phi) is 9.52. The standard InChI is InChI=1S/C68H48N4/c1-68(2)64-25-15-14-24-60(64)62-43-56(31-33-65(62)68)71(53-19-8-4-9-20-53)58-38-50(37-57(42-58)70(52-17-6-3-7-18-52)55-30-28-45-34-35-69-44-51(45)39-55)47-26-27-48-41-66-63(40-49(48)36-47)61-32-29-46-16-12-13-23-59(46)67(61)72(66)54-21-10-5-11-22-54/h3-44H,1-2H3. The quantitative estimate of drug-likeness (QED) is 0.152. The van der Waals surface area contributed by atoms with Crippen LogP contribution in [0.5, 0.6) is 0 Å². The minimum absolute atomic E-state index is 0.105. The highest BCUT2D eigenvalue weighted by molar-refractivity contribution is 6.21. The molecule has 2 heterocycles. The van der Waals surface area contributed by atoms with Gasteiger partial charge in [0.2, 0.25) is 0 Å². The van der Waals surface area contributed by atoms with Gasteiger partial charge in [-0.3, -0.25) is 4.98 Å². The molecule has 0 bridgehead atoms. The van der Waals surface area contributed by atoms with Crippen molar-refractivity contribution in [1.29, 1.82) is 0 Å². The molecule has 0 aliphatic heterocycles. The van der Waals surface area contributed by atoms with Crippen molar-refractivity contribution in [3.8, 4) is 27.9 Å². The van der Waals surface area contributed by atoms with Crippen LogP contribution in [0.15, 0.2) is 255 Å². The number of benzene rings is 11. The van der Waals surface area contributed by atoms with Crippen molar-refractivity contribution < 1.29 is 0 Å². The summed E-state index contributed by atoms with van der Waals surface area (Å²) >= 11 is 0. The van der Waals surface area contributed by atoms with Crippen LogP contribution in [-0.2, 0) is 5.41 Å². The Balaban J connectivity index is 1.01. The van der Waals surface area contributed by atoms with Gasteiger partial charge in [-0.1, -0.05) is 153 Å². The van der Waals surface area contributed by atoms with Crippen molar-refractivity contribution in [3.05, 3.63) is 266 Å². The van der Waals surface area contributed by atoms with Gasteiger partial charge in [0.15, 0.2) is 0 Å². The minimum atomic E-state index is -0.105. The van der Waals surface area contributed by atoms with Crippen molar-refractivity contribution in [2.24, 2.45) is 0 Å². The lowest BCUT2D eigenvalue weighted by Crippen LogP contribution is -2.16. The van der Waals surface area contributed by atoms with E-state index in [-0.39, 0.29) is 5.41 Å². The molecule has 13 aromatic rings. The molecule has 11 aromatic carbocycles. The van der Waals surface area contributed by atoms with Gasteiger partial charge in [0.05, 0.1) is 11.0 Å². The van der Waals surface area contributed by atoms with Gasteiger partial charge >= 0.3 is 0 Å². The number of fused-ring (bicyclic) bond motifs is 10. The molecule has 0 spiro atoms. The fraction of sp³-hybridized carbons (Fsp3) is 0.0441. The number of rotatable bonds is 8. The first kappa shape index (κ1) is 41.7. The highest BCUT2D eigenvalue weighted by atomic mass is 15.2. The highest BCUT2D eigenvalue weighted by Crippen LogP contribution is 2.51. The summed E-state index contributed by atoms with van der Waals surface area (Å²) in [6.07, 6.45) is 3.82. The van der Waals surface area contributed by atoms with Crippen LogP contribution in [0.25, 0.3) is 82.1 Å². The zero-order valence-electron chi connectivity index (χ0n) is 40.0. The fourth-order valence-electron chi connectivity index (χ4n) is 11.7. The Hall–Kier alpha value is -9.25. The van der Waals surface area contributed by atoms with Crippen LogP contribution in [0.4, 0.5) is 34.1 Å². The van der Waals surface area contributed by atoms with E-state index in [2.05, 4.69) is 276 Å². The second kappa shape index (κ2) is 16.4. The number of para-hydroxylation sites is 3. The summed E-state index contributed by atoms with van der Waals surface area (Å²) in [5, 5.41) is 9.57. The maximum atomic E-state index is 4.53. The van der Waals surface area contributed by atoms with E-state index in [9.17, 15) is 0 Å². The molecule has 0 amide bonds. The monoisotopic (exact) mass is 920 g/mol. The van der Waals surface area contributed by atoms with Gasteiger partial charge in [-0.15, -0.1) is 0 Å². The predicted octanol–water partition coefficient (Wildman–Crippen LogP) is 18.6. The van der Waals surface area contributed by atoms with Gasteiger partial charge in [0.25, 0.3) is 0 Å². The van der Waals surface area contributed by atoms with E-state index < -0.39 is 0 Å². The average Bonchev–Trinajstić information content (AvgIpc) is 3.88. The van der Waals surface area contributed by atoms with Crippen molar-refractivity contribution in [2.75, 3.05) is 9.80 Å². The van der Waals surface area contributed by atoms with E-state index in [1.807, 2.05) is 12.4 Å². The summed E-state index contributed by atoms with van der Waals surface area (Å²) < 4.78 is 2.45. The molecule has 0 atom stereocenters. The first-order chi connectivity index (χ1) is 35.4. The first-order valence-corrected chi connectivity index (χ1v) is 24.8. The largest absolute Gasteiger partial charge is 0.310 e. The van der Waals surface area contributed by atoms with E-state index in [0.29, 0.717) is 0 Å². The molecule has 0 saturated carbocycles. The van der Waals surface area contributed by atoms with Crippen LogP contribution in [0, 0.1) is 0 Å². The van der Waals surface area contributed by atoms with Crippen molar-refractivity contribution in [2.45, 2.75) is 19.3 Å². The van der Waals surface area contributed by atoms with Crippen LogP contribution >= 0.6 is 0 Å². The molecular formula is C68H48N4. The van der Waals surface area contributed by atoms with Crippen molar-refractivity contribution in [3.63, 3.8) is 0 Å². The maximum Gasteiger partial charge on any atom is 0.0619 e. The van der Waals surface area contributed by atoms with Gasteiger partial charge in [-0.25, -0.2) is 0 Å². The van der Waals surface area contributed by atoms with Gasteiger partial charge in [0.1, 0.15) is 0 Å². The summed E-state index contributed by atoms with van der Waals surface area (Å²) in [6.45, 7) is 4.70. The summed E-state index contributed by atoms with van der Waals surface area (Å²) in [5.41, 5.74) is 17.4. The zero-order valence-corrected chi connectivity index (χ0v) is 40.0. The smallest absolute Gasteiger partial charge is 0.0619 e. The van der Waals surface area contributed by atoms with Gasteiger partial charge < -0.3 is 14.4 Å². The predicted molar refractivity (Wildman–Crippen MR) is 303 cm³/mol. The Morgan fingerprint density at radius 3 is 1.78 bits per heavy atom. The topological polar surface area (TPSA) is 24.3 Å². The third kappa shape index (κ3) is 6.71. The SMILES string of the molecule is CC1(C)c2ccccc2-c2cc(N(c3ccccc3)c3cc(-c4ccc5cc6c(cc5c4)c4ccc5ccccc5c4n6-c4ccccc4)cc(N(c4ccccc4)c4ccc5ccncc5c4)c3)ccc21. The van der Waals surface area contributed by atoms with Gasteiger partial charge in [-0.2, -0.15) is 0 Å². The highest BCUT2D eigenvalue weighted by Gasteiger charge is 2.35. The Morgan fingerprint density at radius 1 is 0.361 bits per heavy atom. The lowest BCUT2D eigenvalue weighted by molar-refractivity contribution is 0.660. The molecule has 0 radical (unpaired) electrons. The molecule has 0 unspecified atom stereocenters.